The summed E-state index contributed by atoms with van der Waals surface area (Å²) in [5, 5.41) is 7.86. The molecule has 3 aromatic rings. The van der Waals surface area contributed by atoms with E-state index >= 15 is 0 Å². The molecule has 3 aromatic carbocycles. The van der Waals surface area contributed by atoms with Gasteiger partial charge in [-0.25, -0.2) is 0 Å². The second-order valence-electron chi connectivity index (χ2n) is 8.30. The molecule has 168 valence electrons. The molecule has 0 spiro atoms. The van der Waals surface area contributed by atoms with E-state index in [0.717, 1.165) is 40.2 Å². The molecule has 0 saturated heterocycles. The van der Waals surface area contributed by atoms with Crippen molar-refractivity contribution < 1.29 is 14.3 Å². The molecule has 33 heavy (non-hydrogen) atoms. The molecule has 0 amide bonds. The van der Waals surface area contributed by atoms with Gasteiger partial charge in [-0.05, 0) is 48.2 Å². The van der Waals surface area contributed by atoms with Gasteiger partial charge in [0.1, 0.15) is 0 Å². The van der Waals surface area contributed by atoms with Crippen molar-refractivity contribution in [3.8, 4) is 11.5 Å². The van der Waals surface area contributed by atoms with Crippen LogP contribution >= 0.6 is 11.6 Å². The SMILES string of the molecule is COc1cccc(C2Nc3ccccc3NC3=C2C(=O)CC(c2ccc(Cl)cc2)C3)c1OC. The Hall–Kier alpha value is -3.44. The second-order valence-corrected chi connectivity index (χ2v) is 8.74. The van der Waals surface area contributed by atoms with Crippen molar-refractivity contribution in [1.29, 1.82) is 0 Å². The van der Waals surface area contributed by atoms with Crippen molar-refractivity contribution in [1.82, 2.24) is 0 Å². The number of hydrogen-bond donors (Lipinski definition) is 2. The molecule has 5 nitrogen and oxygen atoms in total. The van der Waals surface area contributed by atoms with Gasteiger partial charge in [0.2, 0.25) is 0 Å². The van der Waals surface area contributed by atoms with E-state index in [1.165, 1.54) is 0 Å². The van der Waals surface area contributed by atoms with Crippen LogP contribution in [0.5, 0.6) is 11.5 Å². The number of anilines is 2. The van der Waals surface area contributed by atoms with E-state index in [-0.39, 0.29) is 17.7 Å². The first kappa shape index (κ1) is 21.4. The van der Waals surface area contributed by atoms with Crippen LogP contribution in [-0.4, -0.2) is 20.0 Å². The highest BCUT2D eigenvalue weighted by Gasteiger charge is 2.37. The number of fused-ring (bicyclic) bond motifs is 1. The first-order valence-electron chi connectivity index (χ1n) is 10.9. The number of carbonyl (C=O) groups is 1. The summed E-state index contributed by atoms with van der Waals surface area (Å²) in [6.45, 7) is 0. The van der Waals surface area contributed by atoms with Crippen LogP contribution in [0, 0.1) is 0 Å². The van der Waals surface area contributed by atoms with E-state index in [1.54, 1.807) is 14.2 Å². The fraction of sp³-hybridized carbons (Fsp3) is 0.222. The Kier molecular flexibility index (Phi) is 5.73. The number of methoxy groups -OCH3 is 2. The minimum absolute atomic E-state index is 0.0825. The zero-order valence-corrected chi connectivity index (χ0v) is 19.3. The standard InChI is InChI=1S/C27H25ClN2O3/c1-32-24-9-5-6-19(27(24)33-2)26-25-22(29-20-7-3-4-8-21(20)30-26)14-17(15-23(25)31)16-10-12-18(28)13-11-16/h3-13,17,26,29-30H,14-15H2,1-2H3. The lowest BCUT2D eigenvalue weighted by Gasteiger charge is -2.30. The molecule has 1 heterocycles. The van der Waals surface area contributed by atoms with Crippen LogP contribution in [0.25, 0.3) is 0 Å². The Morgan fingerprint density at radius 1 is 0.879 bits per heavy atom. The van der Waals surface area contributed by atoms with Crippen LogP contribution in [0.3, 0.4) is 0 Å². The van der Waals surface area contributed by atoms with Crippen LogP contribution in [0.15, 0.2) is 78.0 Å². The van der Waals surface area contributed by atoms with E-state index in [1.807, 2.05) is 66.7 Å². The van der Waals surface area contributed by atoms with E-state index in [9.17, 15) is 4.79 Å². The summed E-state index contributed by atoms with van der Waals surface area (Å²) in [6, 6.07) is 21.2. The number of benzene rings is 3. The monoisotopic (exact) mass is 460 g/mol. The largest absolute Gasteiger partial charge is 0.493 e. The summed E-state index contributed by atoms with van der Waals surface area (Å²) < 4.78 is 11.3. The second kappa shape index (κ2) is 8.83. The van der Waals surface area contributed by atoms with Gasteiger partial charge < -0.3 is 20.1 Å². The summed E-state index contributed by atoms with van der Waals surface area (Å²) in [7, 11) is 3.24. The quantitative estimate of drug-likeness (QED) is 0.476. The summed E-state index contributed by atoms with van der Waals surface area (Å²) in [5.41, 5.74) is 5.52. The molecule has 2 atom stereocenters. The van der Waals surface area contributed by atoms with Crippen molar-refractivity contribution in [2.75, 3.05) is 24.9 Å². The molecule has 6 heteroatoms. The third-order valence-corrected chi connectivity index (χ3v) is 6.65. The lowest BCUT2D eigenvalue weighted by molar-refractivity contribution is -0.116. The predicted octanol–water partition coefficient (Wildman–Crippen LogP) is 6.34. The number of para-hydroxylation sites is 3. The smallest absolute Gasteiger partial charge is 0.166 e. The third-order valence-electron chi connectivity index (χ3n) is 6.39. The Labute approximate surface area is 198 Å². The fourth-order valence-corrected chi connectivity index (χ4v) is 4.96. The van der Waals surface area contributed by atoms with Gasteiger partial charge in [-0.15, -0.1) is 0 Å². The van der Waals surface area contributed by atoms with Gasteiger partial charge in [-0.1, -0.05) is 48.0 Å². The number of hydrogen-bond acceptors (Lipinski definition) is 5. The minimum Gasteiger partial charge on any atom is -0.493 e. The van der Waals surface area contributed by atoms with Gasteiger partial charge in [0, 0.05) is 28.3 Å². The molecule has 0 aromatic heterocycles. The van der Waals surface area contributed by atoms with Gasteiger partial charge in [0.15, 0.2) is 17.3 Å². The van der Waals surface area contributed by atoms with E-state index < -0.39 is 0 Å². The molecule has 2 unspecified atom stereocenters. The van der Waals surface area contributed by atoms with Gasteiger partial charge in [-0.3, -0.25) is 4.79 Å². The predicted molar refractivity (Wildman–Crippen MR) is 131 cm³/mol. The van der Waals surface area contributed by atoms with Crippen LogP contribution < -0.4 is 20.1 Å². The Morgan fingerprint density at radius 2 is 1.64 bits per heavy atom. The number of ketones is 1. The fourth-order valence-electron chi connectivity index (χ4n) is 4.84. The molecule has 1 aliphatic heterocycles. The van der Waals surface area contributed by atoms with Crippen LogP contribution in [0.1, 0.15) is 35.9 Å². The maximum atomic E-state index is 13.7. The maximum absolute atomic E-state index is 13.7. The minimum atomic E-state index is -0.375. The van der Waals surface area contributed by atoms with Crippen LogP contribution in [0.2, 0.25) is 5.02 Å². The van der Waals surface area contributed by atoms with Crippen molar-refractivity contribution in [2.45, 2.75) is 24.8 Å². The molecular formula is C27H25ClN2O3. The van der Waals surface area contributed by atoms with Crippen LogP contribution in [0.4, 0.5) is 11.4 Å². The normalized spacial score (nSPS) is 19.5. The molecule has 5 rings (SSSR count). The van der Waals surface area contributed by atoms with Gasteiger partial charge in [-0.2, -0.15) is 0 Å². The average molecular weight is 461 g/mol. The number of halogens is 1. The third kappa shape index (κ3) is 3.93. The number of carbonyl (C=O) groups excluding carboxylic acids is 1. The molecule has 0 fully saturated rings. The Morgan fingerprint density at radius 3 is 2.36 bits per heavy atom. The van der Waals surface area contributed by atoms with Gasteiger partial charge >= 0.3 is 0 Å². The van der Waals surface area contributed by atoms with Crippen molar-refractivity contribution >= 4 is 28.8 Å². The number of Topliss-reactive ketones (excluding diaryl/α,β-unsaturated/α-hetero) is 1. The van der Waals surface area contributed by atoms with Gasteiger partial charge in [0.25, 0.3) is 0 Å². The highest BCUT2D eigenvalue weighted by atomic mass is 35.5. The van der Waals surface area contributed by atoms with Crippen molar-refractivity contribution in [2.24, 2.45) is 0 Å². The molecule has 2 N–H and O–H groups in total. The number of rotatable bonds is 4. The average Bonchev–Trinajstić information content (AvgIpc) is 3.00. The molecule has 2 aliphatic rings. The summed E-state index contributed by atoms with van der Waals surface area (Å²) in [4.78, 5) is 13.7. The zero-order valence-electron chi connectivity index (χ0n) is 18.5. The Balaban J connectivity index is 1.64. The highest BCUT2D eigenvalue weighted by molar-refractivity contribution is 6.30. The first-order valence-corrected chi connectivity index (χ1v) is 11.3. The number of ether oxygens (including phenoxy) is 2. The first-order chi connectivity index (χ1) is 16.1. The van der Waals surface area contributed by atoms with E-state index in [4.69, 9.17) is 21.1 Å². The summed E-state index contributed by atoms with van der Waals surface area (Å²) >= 11 is 6.09. The van der Waals surface area contributed by atoms with E-state index in [2.05, 4.69) is 10.6 Å². The Bertz CT molecular complexity index is 1240. The van der Waals surface area contributed by atoms with E-state index in [0.29, 0.717) is 22.9 Å². The molecular weight excluding hydrogens is 436 g/mol. The summed E-state index contributed by atoms with van der Waals surface area (Å²) in [6.07, 6.45) is 1.16. The summed E-state index contributed by atoms with van der Waals surface area (Å²) in [5.74, 6) is 1.45. The maximum Gasteiger partial charge on any atom is 0.166 e. The topological polar surface area (TPSA) is 59.6 Å². The lowest BCUT2D eigenvalue weighted by Crippen LogP contribution is -2.27. The van der Waals surface area contributed by atoms with Crippen LogP contribution in [-0.2, 0) is 4.79 Å². The van der Waals surface area contributed by atoms with Gasteiger partial charge in [0.05, 0.1) is 31.6 Å². The molecule has 0 bridgehead atoms. The lowest BCUT2D eigenvalue weighted by atomic mass is 9.78. The molecule has 1 aliphatic carbocycles. The molecule has 0 saturated carbocycles. The van der Waals surface area contributed by atoms with Crippen molar-refractivity contribution in [3.63, 3.8) is 0 Å². The molecule has 0 radical (unpaired) electrons. The number of allylic oxidation sites excluding steroid dienone is 1. The number of nitrogens with one attached hydrogen (secondary N) is 2. The zero-order chi connectivity index (χ0) is 22.9. The van der Waals surface area contributed by atoms with Crippen molar-refractivity contribution in [3.05, 3.63) is 94.1 Å². The highest BCUT2D eigenvalue weighted by Crippen LogP contribution is 2.47.